The van der Waals surface area contributed by atoms with Crippen LogP contribution in [-0.2, 0) is 0 Å². The predicted molar refractivity (Wildman–Crippen MR) is 78.1 cm³/mol. The van der Waals surface area contributed by atoms with E-state index in [4.69, 9.17) is 9.84 Å². The molecule has 0 aliphatic carbocycles. The molecule has 1 unspecified atom stereocenters. The van der Waals surface area contributed by atoms with Crippen molar-refractivity contribution in [1.82, 2.24) is 0 Å². The molecule has 20 heavy (non-hydrogen) atoms. The molecule has 0 fully saturated rings. The van der Waals surface area contributed by atoms with Crippen molar-refractivity contribution in [2.75, 3.05) is 13.2 Å². The SMILES string of the molecule is CCCCCCC(=O)c1ccc(OCC(O)CO)cc1. The second-order valence-electron chi connectivity index (χ2n) is 4.91. The Morgan fingerprint density at radius 2 is 1.90 bits per heavy atom. The van der Waals surface area contributed by atoms with Crippen molar-refractivity contribution >= 4 is 5.78 Å². The van der Waals surface area contributed by atoms with Crippen LogP contribution < -0.4 is 4.74 Å². The van der Waals surface area contributed by atoms with Gasteiger partial charge in [0.1, 0.15) is 18.5 Å². The number of carbonyl (C=O) groups excluding carboxylic acids is 1. The molecule has 0 saturated heterocycles. The molecule has 0 bridgehead atoms. The van der Waals surface area contributed by atoms with E-state index in [1.54, 1.807) is 24.3 Å². The summed E-state index contributed by atoms with van der Waals surface area (Å²) in [6, 6.07) is 6.90. The molecule has 0 spiro atoms. The number of ether oxygens (including phenoxy) is 1. The van der Waals surface area contributed by atoms with Gasteiger partial charge in [-0.2, -0.15) is 0 Å². The van der Waals surface area contributed by atoms with E-state index in [1.807, 2.05) is 0 Å². The molecule has 0 aliphatic rings. The van der Waals surface area contributed by atoms with Gasteiger partial charge in [-0.15, -0.1) is 0 Å². The molecule has 4 heteroatoms. The Morgan fingerprint density at radius 1 is 1.20 bits per heavy atom. The van der Waals surface area contributed by atoms with Crippen LogP contribution in [0.2, 0.25) is 0 Å². The third kappa shape index (κ3) is 6.17. The molecule has 0 heterocycles. The molecule has 1 rings (SSSR count). The van der Waals surface area contributed by atoms with Gasteiger partial charge in [-0.25, -0.2) is 0 Å². The fourth-order valence-electron chi connectivity index (χ4n) is 1.84. The summed E-state index contributed by atoms with van der Waals surface area (Å²) < 4.78 is 5.29. The van der Waals surface area contributed by atoms with E-state index in [2.05, 4.69) is 6.92 Å². The normalized spacial score (nSPS) is 12.2. The van der Waals surface area contributed by atoms with Crippen LogP contribution in [0.4, 0.5) is 0 Å². The first-order valence-corrected chi connectivity index (χ1v) is 7.22. The minimum absolute atomic E-state index is 0.0425. The first kappa shape index (κ1) is 16.7. The van der Waals surface area contributed by atoms with E-state index >= 15 is 0 Å². The van der Waals surface area contributed by atoms with Gasteiger partial charge in [0, 0.05) is 12.0 Å². The lowest BCUT2D eigenvalue weighted by Gasteiger charge is -2.10. The van der Waals surface area contributed by atoms with E-state index in [-0.39, 0.29) is 19.0 Å². The van der Waals surface area contributed by atoms with Gasteiger partial charge in [0.15, 0.2) is 5.78 Å². The highest BCUT2D eigenvalue weighted by Gasteiger charge is 2.07. The maximum Gasteiger partial charge on any atom is 0.162 e. The Labute approximate surface area is 120 Å². The second kappa shape index (κ2) is 9.50. The Balaban J connectivity index is 2.39. The zero-order valence-corrected chi connectivity index (χ0v) is 12.0. The van der Waals surface area contributed by atoms with Crippen LogP contribution in [0.15, 0.2) is 24.3 Å². The van der Waals surface area contributed by atoms with Crippen molar-refractivity contribution in [2.45, 2.75) is 45.1 Å². The highest BCUT2D eigenvalue weighted by atomic mass is 16.5. The van der Waals surface area contributed by atoms with Crippen molar-refractivity contribution in [2.24, 2.45) is 0 Å². The summed E-state index contributed by atoms with van der Waals surface area (Å²) in [5.74, 6) is 0.739. The number of Topliss-reactive ketones (excluding diaryl/α,β-unsaturated/α-hetero) is 1. The molecule has 112 valence electrons. The van der Waals surface area contributed by atoms with Gasteiger partial charge in [-0.3, -0.25) is 4.79 Å². The van der Waals surface area contributed by atoms with Gasteiger partial charge in [-0.1, -0.05) is 26.2 Å². The molecule has 1 aromatic carbocycles. The van der Waals surface area contributed by atoms with Crippen molar-refractivity contribution in [3.05, 3.63) is 29.8 Å². The molecule has 4 nitrogen and oxygen atoms in total. The van der Waals surface area contributed by atoms with Crippen LogP contribution >= 0.6 is 0 Å². The van der Waals surface area contributed by atoms with Gasteiger partial charge in [-0.05, 0) is 30.7 Å². The zero-order valence-electron chi connectivity index (χ0n) is 12.0. The molecule has 1 atom stereocenters. The van der Waals surface area contributed by atoms with Crippen LogP contribution in [0.25, 0.3) is 0 Å². The highest BCUT2D eigenvalue weighted by molar-refractivity contribution is 5.96. The van der Waals surface area contributed by atoms with Crippen LogP contribution in [0.1, 0.15) is 49.4 Å². The molecule has 0 saturated carbocycles. The number of rotatable bonds is 10. The van der Waals surface area contributed by atoms with E-state index in [0.29, 0.717) is 17.7 Å². The van der Waals surface area contributed by atoms with Crippen molar-refractivity contribution in [3.63, 3.8) is 0 Å². The summed E-state index contributed by atoms with van der Waals surface area (Å²) in [7, 11) is 0. The van der Waals surface area contributed by atoms with Crippen molar-refractivity contribution in [3.8, 4) is 5.75 Å². The quantitative estimate of drug-likeness (QED) is 0.510. The van der Waals surface area contributed by atoms with Crippen LogP contribution in [0, 0.1) is 0 Å². The fourth-order valence-corrected chi connectivity index (χ4v) is 1.84. The first-order chi connectivity index (χ1) is 9.67. The maximum absolute atomic E-state index is 11.9. The van der Waals surface area contributed by atoms with E-state index in [0.717, 1.165) is 12.8 Å². The molecule has 2 N–H and O–H groups in total. The number of hydrogen-bond acceptors (Lipinski definition) is 4. The van der Waals surface area contributed by atoms with Crippen molar-refractivity contribution < 1.29 is 19.7 Å². The van der Waals surface area contributed by atoms with E-state index < -0.39 is 6.10 Å². The number of unbranched alkanes of at least 4 members (excludes halogenated alkanes) is 3. The minimum atomic E-state index is -0.880. The average Bonchev–Trinajstić information content (AvgIpc) is 2.49. The summed E-state index contributed by atoms with van der Waals surface area (Å²) in [5.41, 5.74) is 0.691. The Hall–Kier alpha value is -1.39. The van der Waals surface area contributed by atoms with Crippen LogP contribution in [0.3, 0.4) is 0 Å². The summed E-state index contributed by atoms with van der Waals surface area (Å²) in [4.78, 5) is 11.9. The van der Waals surface area contributed by atoms with Crippen LogP contribution in [0.5, 0.6) is 5.75 Å². The smallest absolute Gasteiger partial charge is 0.162 e. The molecule has 1 aromatic rings. The number of ketones is 1. The third-order valence-electron chi connectivity index (χ3n) is 3.09. The molecule has 0 aromatic heterocycles. The Bertz CT molecular complexity index is 386. The number of aliphatic hydroxyl groups is 2. The Morgan fingerprint density at radius 3 is 2.50 bits per heavy atom. The number of benzene rings is 1. The highest BCUT2D eigenvalue weighted by Crippen LogP contribution is 2.15. The standard InChI is InChI=1S/C16H24O4/c1-2-3-4-5-6-16(19)13-7-9-15(10-8-13)20-12-14(18)11-17/h7-10,14,17-18H,2-6,11-12H2,1H3. The van der Waals surface area contributed by atoms with E-state index in [1.165, 1.54) is 12.8 Å². The van der Waals surface area contributed by atoms with Crippen LogP contribution in [-0.4, -0.2) is 35.3 Å². The van der Waals surface area contributed by atoms with Gasteiger partial charge < -0.3 is 14.9 Å². The molecule has 0 aliphatic heterocycles. The third-order valence-corrected chi connectivity index (χ3v) is 3.09. The largest absolute Gasteiger partial charge is 0.491 e. The maximum atomic E-state index is 11.9. The molecular weight excluding hydrogens is 256 g/mol. The summed E-state index contributed by atoms with van der Waals surface area (Å²) in [5, 5.41) is 17.8. The van der Waals surface area contributed by atoms with Crippen molar-refractivity contribution in [1.29, 1.82) is 0 Å². The number of carbonyl (C=O) groups is 1. The number of hydrogen-bond donors (Lipinski definition) is 2. The lowest BCUT2D eigenvalue weighted by Crippen LogP contribution is -2.21. The van der Waals surface area contributed by atoms with Gasteiger partial charge >= 0.3 is 0 Å². The molecular formula is C16H24O4. The second-order valence-corrected chi connectivity index (χ2v) is 4.91. The lowest BCUT2D eigenvalue weighted by atomic mass is 10.0. The lowest BCUT2D eigenvalue weighted by molar-refractivity contribution is 0.0536. The van der Waals surface area contributed by atoms with Gasteiger partial charge in [0.2, 0.25) is 0 Å². The number of aliphatic hydroxyl groups excluding tert-OH is 2. The Kier molecular flexibility index (Phi) is 7.92. The monoisotopic (exact) mass is 280 g/mol. The minimum Gasteiger partial charge on any atom is -0.491 e. The summed E-state index contributed by atoms with van der Waals surface area (Å²) in [6.07, 6.45) is 4.09. The van der Waals surface area contributed by atoms with E-state index in [9.17, 15) is 9.90 Å². The first-order valence-electron chi connectivity index (χ1n) is 7.22. The summed E-state index contributed by atoms with van der Waals surface area (Å²) >= 11 is 0. The topological polar surface area (TPSA) is 66.8 Å². The fraction of sp³-hybridized carbons (Fsp3) is 0.562. The predicted octanol–water partition coefficient (Wildman–Crippen LogP) is 2.57. The van der Waals surface area contributed by atoms with Gasteiger partial charge in [0.05, 0.1) is 6.61 Å². The van der Waals surface area contributed by atoms with Gasteiger partial charge in [0.25, 0.3) is 0 Å². The summed E-state index contributed by atoms with van der Waals surface area (Å²) in [6.45, 7) is 1.86. The molecule has 0 radical (unpaired) electrons. The molecule has 0 amide bonds. The average molecular weight is 280 g/mol. The zero-order chi connectivity index (χ0) is 14.8.